The van der Waals surface area contributed by atoms with Gasteiger partial charge in [-0.15, -0.1) is 0 Å². The van der Waals surface area contributed by atoms with Gasteiger partial charge in [0.05, 0.1) is 24.4 Å². The van der Waals surface area contributed by atoms with Crippen LogP contribution in [0.5, 0.6) is 0 Å². The second kappa shape index (κ2) is 8.31. The topological polar surface area (TPSA) is 75.3 Å². The molecule has 0 spiro atoms. The summed E-state index contributed by atoms with van der Waals surface area (Å²) >= 11 is 0. The number of anilines is 1. The smallest absolute Gasteiger partial charge is 0.229 e. The van der Waals surface area contributed by atoms with Gasteiger partial charge >= 0.3 is 0 Å². The summed E-state index contributed by atoms with van der Waals surface area (Å²) in [7, 11) is -3.56. The molecular weight excluding hydrogens is 379 g/mol. The van der Waals surface area contributed by atoms with Crippen molar-refractivity contribution in [2.75, 3.05) is 11.0 Å². The van der Waals surface area contributed by atoms with Crippen LogP contribution >= 0.6 is 0 Å². The summed E-state index contributed by atoms with van der Waals surface area (Å²) in [5.74, 6) is -0.864. The van der Waals surface area contributed by atoms with Crippen molar-refractivity contribution in [1.29, 1.82) is 0 Å². The molecule has 0 radical (unpaired) electrons. The van der Waals surface area contributed by atoms with E-state index < -0.39 is 21.9 Å². The zero-order valence-corrected chi connectivity index (χ0v) is 17.7. The molecule has 152 valence electrons. The Hall–Kier alpha value is -2.41. The maximum atomic E-state index is 14.1. The zero-order valence-electron chi connectivity index (χ0n) is 16.8. The van der Waals surface area contributed by atoms with Crippen LogP contribution in [-0.4, -0.2) is 20.6 Å². The minimum absolute atomic E-state index is 0.0531. The van der Waals surface area contributed by atoms with Gasteiger partial charge in [0.2, 0.25) is 15.9 Å². The number of nitrogens with one attached hydrogen (secondary N) is 2. The Kier molecular flexibility index (Phi) is 6.49. The highest BCUT2D eigenvalue weighted by Gasteiger charge is 2.15. The number of hydrogen-bond donors (Lipinski definition) is 2. The van der Waals surface area contributed by atoms with Crippen molar-refractivity contribution in [3.63, 3.8) is 0 Å². The van der Waals surface area contributed by atoms with E-state index in [9.17, 15) is 17.6 Å². The fourth-order valence-corrected chi connectivity index (χ4v) is 3.33. The summed E-state index contributed by atoms with van der Waals surface area (Å²) in [6, 6.07) is 11.7. The van der Waals surface area contributed by atoms with Gasteiger partial charge in [-0.25, -0.2) is 12.8 Å². The summed E-state index contributed by atoms with van der Waals surface area (Å²) in [6.45, 7) is 8.14. The molecule has 2 N–H and O–H groups in total. The Morgan fingerprint density at radius 2 is 1.71 bits per heavy atom. The van der Waals surface area contributed by atoms with Crippen molar-refractivity contribution in [3.8, 4) is 0 Å². The Morgan fingerprint density at radius 3 is 2.21 bits per heavy atom. The van der Waals surface area contributed by atoms with E-state index in [1.54, 1.807) is 13.0 Å². The van der Waals surface area contributed by atoms with Crippen LogP contribution in [0, 0.1) is 5.82 Å². The Labute approximate surface area is 166 Å². The van der Waals surface area contributed by atoms with E-state index in [0.717, 1.165) is 11.8 Å². The molecule has 2 rings (SSSR count). The SMILES string of the molecule is CC(NC(=O)Cc1ccc(C(C)(C)C)cc1)c1ccc(NS(C)(=O)=O)c(F)c1. The molecule has 7 heteroatoms. The standard InChI is InChI=1S/C21H27FN2O3S/c1-14(16-8-11-19(18(22)13-16)24-28(5,26)27)23-20(25)12-15-6-9-17(10-7-15)21(2,3)4/h6-11,13-14,24H,12H2,1-5H3,(H,23,25). The van der Waals surface area contributed by atoms with E-state index in [0.29, 0.717) is 5.56 Å². The van der Waals surface area contributed by atoms with Crippen LogP contribution < -0.4 is 10.0 Å². The second-order valence-electron chi connectivity index (χ2n) is 8.03. The first-order valence-electron chi connectivity index (χ1n) is 9.01. The van der Waals surface area contributed by atoms with Gasteiger partial charge in [0.25, 0.3) is 0 Å². The number of rotatable bonds is 6. The summed E-state index contributed by atoms with van der Waals surface area (Å²) in [5, 5.41) is 2.84. The first-order valence-corrected chi connectivity index (χ1v) is 10.9. The van der Waals surface area contributed by atoms with Gasteiger partial charge in [-0.05, 0) is 41.2 Å². The molecule has 0 aliphatic rings. The zero-order chi connectivity index (χ0) is 21.1. The minimum atomic E-state index is -3.56. The van der Waals surface area contributed by atoms with Gasteiger partial charge in [0.15, 0.2) is 0 Å². The Morgan fingerprint density at radius 1 is 1.11 bits per heavy atom. The van der Waals surface area contributed by atoms with Gasteiger partial charge in [0, 0.05) is 0 Å². The molecular formula is C21H27FN2O3S. The van der Waals surface area contributed by atoms with Crippen molar-refractivity contribution >= 4 is 21.6 Å². The molecule has 2 aromatic carbocycles. The Bertz CT molecular complexity index is 949. The molecule has 1 atom stereocenters. The monoisotopic (exact) mass is 406 g/mol. The molecule has 1 amide bonds. The van der Waals surface area contributed by atoms with Crippen molar-refractivity contribution < 1.29 is 17.6 Å². The van der Waals surface area contributed by atoms with Crippen LogP contribution in [-0.2, 0) is 26.7 Å². The predicted molar refractivity (Wildman–Crippen MR) is 110 cm³/mol. The van der Waals surface area contributed by atoms with E-state index in [-0.39, 0.29) is 23.4 Å². The summed E-state index contributed by atoms with van der Waals surface area (Å²) in [4.78, 5) is 12.3. The summed E-state index contributed by atoms with van der Waals surface area (Å²) < 4.78 is 38.7. The first-order chi connectivity index (χ1) is 12.8. The van der Waals surface area contributed by atoms with E-state index >= 15 is 0 Å². The lowest BCUT2D eigenvalue weighted by molar-refractivity contribution is -0.121. The largest absolute Gasteiger partial charge is 0.349 e. The number of sulfonamides is 1. The molecule has 28 heavy (non-hydrogen) atoms. The van der Waals surface area contributed by atoms with Gasteiger partial charge in [0.1, 0.15) is 5.82 Å². The normalized spacial score (nSPS) is 13.1. The first kappa shape index (κ1) is 21.9. The van der Waals surface area contributed by atoms with Crippen LogP contribution in [0.3, 0.4) is 0 Å². The highest BCUT2D eigenvalue weighted by molar-refractivity contribution is 7.92. The fraction of sp³-hybridized carbons (Fsp3) is 0.381. The lowest BCUT2D eigenvalue weighted by Crippen LogP contribution is -2.28. The molecule has 0 bridgehead atoms. The number of amides is 1. The molecule has 0 aliphatic carbocycles. The highest BCUT2D eigenvalue weighted by atomic mass is 32.2. The van der Waals surface area contributed by atoms with Crippen molar-refractivity contribution in [2.24, 2.45) is 0 Å². The van der Waals surface area contributed by atoms with E-state index in [1.165, 1.54) is 17.7 Å². The van der Waals surface area contributed by atoms with Crippen LogP contribution in [0.1, 0.15) is 50.4 Å². The molecule has 0 aliphatic heterocycles. The van der Waals surface area contributed by atoms with Crippen molar-refractivity contribution in [2.45, 2.75) is 45.6 Å². The van der Waals surface area contributed by atoms with Gasteiger partial charge in [-0.1, -0.05) is 51.1 Å². The van der Waals surface area contributed by atoms with E-state index in [1.807, 2.05) is 24.3 Å². The molecule has 2 aromatic rings. The summed E-state index contributed by atoms with van der Waals surface area (Å²) in [5.41, 5.74) is 2.58. The van der Waals surface area contributed by atoms with Crippen molar-refractivity contribution in [3.05, 3.63) is 65.0 Å². The fourth-order valence-electron chi connectivity index (χ4n) is 2.77. The molecule has 5 nitrogen and oxygen atoms in total. The van der Waals surface area contributed by atoms with Crippen LogP contribution in [0.2, 0.25) is 0 Å². The van der Waals surface area contributed by atoms with Crippen molar-refractivity contribution in [1.82, 2.24) is 5.32 Å². The Balaban J connectivity index is 2.01. The number of carbonyl (C=O) groups is 1. The van der Waals surface area contributed by atoms with E-state index in [4.69, 9.17) is 0 Å². The second-order valence-corrected chi connectivity index (χ2v) is 9.77. The van der Waals surface area contributed by atoms with Gasteiger partial charge in [-0.3, -0.25) is 9.52 Å². The maximum absolute atomic E-state index is 14.1. The highest BCUT2D eigenvalue weighted by Crippen LogP contribution is 2.23. The number of halogens is 1. The summed E-state index contributed by atoms with van der Waals surface area (Å²) in [6.07, 6.45) is 1.18. The van der Waals surface area contributed by atoms with Crippen LogP contribution in [0.25, 0.3) is 0 Å². The molecule has 0 heterocycles. The van der Waals surface area contributed by atoms with Crippen LogP contribution in [0.4, 0.5) is 10.1 Å². The lowest BCUT2D eigenvalue weighted by Gasteiger charge is -2.19. The van der Waals surface area contributed by atoms with Gasteiger partial charge < -0.3 is 5.32 Å². The molecule has 1 unspecified atom stereocenters. The molecule has 0 fully saturated rings. The predicted octanol–water partition coefficient (Wildman–Crippen LogP) is 3.91. The quantitative estimate of drug-likeness (QED) is 0.764. The van der Waals surface area contributed by atoms with E-state index in [2.05, 4.69) is 30.8 Å². The number of benzene rings is 2. The molecule has 0 saturated carbocycles. The third-order valence-corrected chi connectivity index (χ3v) is 4.94. The average Bonchev–Trinajstić information content (AvgIpc) is 2.55. The van der Waals surface area contributed by atoms with Gasteiger partial charge in [-0.2, -0.15) is 0 Å². The molecule has 0 aromatic heterocycles. The third kappa shape index (κ3) is 6.34. The maximum Gasteiger partial charge on any atom is 0.229 e. The number of hydrogen-bond acceptors (Lipinski definition) is 3. The third-order valence-electron chi connectivity index (χ3n) is 4.35. The van der Waals surface area contributed by atoms with Crippen LogP contribution in [0.15, 0.2) is 42.5 Å². The number of carbonyl (C=O) groups excluding carboxylic acids is 1. The minimum Gasteiger partial charge on any atom is -0.349 e. The average molecular weight is 407 g/mol. The lowest BCUT2D eigenvalue weighted by atomic mass is 9.86. The molecule has 0 saturated heterocycles.